The maximum atomic E-state index is 15.0. The fraction of sp³-hybridized carbons (Fsp3) is 0.478. The van der Waals surface area contributed by atoms with Gasteiger partial charge >= 0.3 is 56.7 Å². The molecule has 29 heteroatoms. The van der Waals surface area contributed by atoms with Gasteiger partial charge in [0.05, 0.1) is 58.6 Å². The Morgan fingerprint density at radius 1 is 0.400 bits per heavy atom. The van der Waals surface area contributed by atoms with E-state index >= 15 is 13.2 Å². The molecule has 0 saturated heterocycles. The van der Waals surface area contributed by atoms with E-state index in [0.29, 0.717) is 50.7 Å². The lowest BCUT2D eigenvalue weighted by Gasteiger charge is -2.45. The summed E-state index contributed by atoms with van der Waals surface area (Å²) in [5, 5.41) is 0. The van der Waals surface area contributed by atoms with Crippen molar-refractivity contribution >= 4 is 7.32 Å². The number of halogens is 24. The van der Waals surface area contributed by atoms with Gasteiger partial charge in [0, 0.05) is 0 Å². The van der Waals surface area contributed by atoms with Crippen molar-refractivity contribution in [2.75, 3.05) is 19.6 Å². The number of hydrogen-bond acceptors (Lipinski definition) is 3. The summed E-state index contributed by atoms with van der Waals surface area (Å²) < 4.78 is 341. The van der Waals surface area contributed by atoms with Crippen LogP contribution >= 0.6 is 0 Å². The topological polar surface area (TPSA) is 27.7 Å². The van der Waals surface area contributed by atoms with Crippen LogP contribution in [0.2, 0.25) is 0 Å². The van der Waals surface area contributed by atoms with Gasteiger partial charge in [-0.25, -0.2) is 0 Å². The van der Waals surface area contributed by atoms with Crippen LogP contribution in [0.4, 0.5) is 105 Å². The molecule has 420 valence electrons. The Morgan fingerprint density at radius 3 is 0.973 bits per heavy atom. The average molecular weight is 1120 g/mol. The molecule has 1 unspecified atom stereocenters. The number of benzene rings is 4. The number of nitrogens with zero attached hydrogens (tertiary/aromatic N) is 1. The Balaban J connectivity index is 0.000000910. The van der Waals surface area contributed by atoms with Gasteiger partial charge in [-0.15, -0.1) is 6.07 Å². The molecule has 0 radical (unpaired) electrons. The lowest BCUT2D eigenvalue weighted by molar-refractivity contribution is -0.956. The predicted molar refractivity (Wildman–Crippen MR) is 220 cm³/mol. The van der Waals surface area contributed by atoms with Crippen LogP contribution in [0.25, 0.3) is 0 Å². The molecular weight excluding hydrogens is 1080 g/mol. The molecule has 0 aliphatic carbocycles. The molecule has 0 heterocycles. The van der Waals surface area contributed by atoms with Gasteiger partial charge in [-0.2, -0.15) is 124 Å². The standard InChI is InChI=1S/C38H39BF18NO3.C8H3F6/c1-5-8-11-58(12-9-6-2,13-10-7-3)22(4)32-30(38(55,56)57)20-27(37(52,53)54)21-31(32)61-39(59-28-16-23(33(40,41)42)14-24(17-28)34(43,44)45)60-29-18-25(35(46,47)48)15-26(19-29)36(49,50)51;9-7(10,11)5-2-1-3-6(4-5)8(12,13)14/h14-22H,5-13H2,1-4H3;2-4H/q+1;-1. The van der Waals surface area contributed by atoms with Crippen molar-refractivity contribution in [3.63, 3.8) is 0 Å². The van der Waals surface area contributed by atoms with Gasteiger partial charge in [-0.1, -0.05) is 51.2 Å². The van der Waals surface area contributed by atoms with Crippen molar-refractivity contribution < 1.29 is 124 Å². The molecular formula is C46H42BF24NO3. The van der Waals surface area contributed by atoms with Crippen LogP contribution in [-0.4, -0.2) is 31.4 Å². The minimum Gasteiger partial charge on any atom is -0.490 e. The lowest BCUT2D eigenvalue weighted by Crippen LogP contribution is -2.52. The summed E-state index contributed by atoms with van der Waals surface area (Å²) in [4.78, 5) is 0. The molecule has 0 fully saturated rings. The van der Waals surface area contributed by atoms with Gasteiger partial charge < -0.3 is 18.4 Å². The Kier molecular flexibility index (Phi) is 20.4. The van der Waals surface area contributed by atoms with E-state index in [0.717, 1.165) is 0 Å². The second kappa shape index (κ2) is 23.9. The molecule has 4 nitrogen and oxygen atoms in total. The molecule has 75 heavy (non-hydrogen) atoms. The third-order valence-corrected chi connectivity index (χ3v) is 11.1. The summed E-state index contributed by atoms with van der Waals surface area (Å²) in [6, 6.07) is -0.397. The van der Waals surface area contributed by atoms with Crippen molar-refractivity contribution in [3.8, 4) is 17.2 Å². The zero-order valence-corrected chi connectivity index (χ0v) is 39.1. The maximum Gasteiger partial charge on any atom is 0.864 e. The molecule has 1 atom stereocenters. The quantitative estimate of drug-likeness (QED) is 0.0456. The van der Waals surface area contributed by atoms with Gasteiger partial charge in [0.15, 0.2) is 0 Å². The normalized spacial score (nSPS) is 13.8. The highest BCUT2D eigenvalue weighted by molar-refractivity contribution is 6.39. The number of hydrogen-bond donors (Lipinski definition) is 0. The molecule has 0 aliphatic rings. The summed E-state index contributed by atoms with van der Waals surface area (Å²) in [6.07, 6.45) is -40.5. The summed E-state index contributed by atoms with van der Waals surface area (Å²) in [7, 11) is -3.27. The van der Waals surface area contributed by atoms with Crippen LogP contribution in [0.15, 0.2) is 66.7 Å². The van der Waals surface area contributed by atoms with E-state index in [2.05, 4.69) is 0 Å². The van der Waals surface area contributed by atoms with Crippen LogP contribution in [0.5, 0.6) is 17.2 Å². The van der Waals surface area contributed by atoms with Crippen LogP contribution < -0.4 is 14.0 Å². The van der Waals surface area contributed by atoms with Gasteiger partial charge in [-0.05, 0) is 74.7 Å². The molecule has 0 saturated carbocycles. The minimum absolute atomic E-state index is 0.0184. The zero-order valence-electron chi connectivity index (χ0n) is 39.1. The smallest absolute Gasteiger partial charge is 0.490 e. The monoisotopic (exact) mass is 1120 g/mol. The first kappa shape index (κ1) is 63.9. The molecule has 4 aromatic carbocycles. The van der Waals surface area contributed by atoms with E-state index in [9.17, 15) is 92.2 Å². The van der Waals surface area contributed by atoms with E-state index in [-0.39, 0.29) is 66.6 Å². The predicted octanol–water partition coefficient (Wildman–Crippen LogP) is 18.1. The molecule has 0 amide bonds. The highest BCUT2D eigenvalue weighted by Gasteiger charge is 2.48. The second-order valence-electron chi connectivity index (χ2n) is 16.7. The van der Waals surface area contributed by atoms with Crippen LogP contribution in [0, 0.1) is 6.07 Å². The highest BCUT2D eigenvalue weighted by atomic mass is 19.4. The number of alkyl halides is 24. The average Bonchev–Trinajstić information content (AvgIpc) is 3.26. The van der Waals surface area contributed by atoms with Gasteiger partial charge in [-0.3, -0.25) is 0 Å². The molecule has 0 aliphatic heterocycles. The number of unbranched alkanes of at least 4 members (excludes halogenated alkanes) is 3. The fourth-order valence-corrected chi connectivity index (χ4v) is 7.35. The SMILES string of the molecule is CCCC[N+](CCCC)(CCCC)C(C)c1c(OB(Oc2cc(C(F)(F)F)cc(C(F)(F)F)c2)Oc2cc(C(F)(F)F)cc(C(F)(F)F)c2)cc(C(F)(F)F)cc1C(F)(F)F.FC(F)(F)c1c[c-]cc(C(F)(F)F)c1. The first-order valence-electron chi connectivity index (χ1n) is 21.9. The second-order valence-corrected chi connectivity index (χ2v) is 16.7. The Bertz CT molecular complexity index is 2290. The molecule has 0 bridgehead atoms. The van der Waals surface area contributed by atoms with Gasteiger partial charge in [0.25, 0.3) is 0 Å². The number of quaternary nitrogens is 1. The molecule has 0 aromatic heterocycles. The minimum atomic E-state index is -5.64. The Hall–Kier alpha value is -5.38. The third-order valence-electron chi connectivity index (χ3n) is 11.1. The lowest BCUT2D eigenvalue weighted by atomic mass is 9.92. The third kappa shape index (κ3) is 18.1. The summed E-state index contributed by atoms with van der Waals surface area (Å²) in [6.45, 7) is 6.89. The maximum absolute atomic E-state index is 15.0. The van der Waals surface area contributed by atoms with Gasteiger partial charge in [0.1, 0.15) is 23.3 Å². The first-order chi connectivity index (χ1) is 34.0. The van der Waals surface area contributed by atoms with Crippen LogP contribution in [0.1, 0.15) is 122 Å². The fourth-order valence-electron chi connectivity index (χ4n) is 7.35. The van der Waals surface area contributed by atoms with Crippen molar-refractivity contribution in [2.24, 2.45) is 0 Å². The molecule has 0 N–H and O–H groups in total. The van der Waals surface area contributed by atoms with E-state index in [1.165, 1.54) is 6.92 Å². The van der Waals surface area contributed by atoms with E-state index in [1.807, 2.05) is 0 Å². The van der Waals surface area contributed by atoms with Crippen molar-refractivity contribution in [1.82, 2.24) is 0 Å². The van der Waals surface area contributed by atoms with E-state index in [1.54, 1.807) is 26.8 Å². The molecule has 0 spiro atoms. The van der Waals surface area contributed by atoms with Crippen LogP contribution in [-0.2, 0) is 49.4 Å². The van der Waals surface area contributed by atoms with E-state index in [4.69, 9.17) is 14.0 Å². The van der Waals surface area contributed by atoms with Crippen molar-refractivity contribution in [3.05, 3.63) is 123 Å². The summed E-state index contributed by atoms with van der Waals surface area (Å²) >= 11 is 0. The molecule has 4 aromatic rings. The Labute approximate surface area is 412 Å². The summed E-state index contributed by atoms with van der Waals surface area (Å²) in [5.41, 5.74) is -16.2. The highest BCUT2D eigenvalue weighted by Crippen LogP contribution is 2.48. The summed E-state index contributed by atoms with van der Waals surface area (Å²) in [5.74, 6) is -4.61. The van der Waals surface area contributed by atoms with Crippen molar-refractivity contribution in [1.29, 1.82) is 0 Å². The molecule has 4 rings (SSSR count). The van der Waals surface area contributed by atoms with Gasteiger partial charge in [0.2, 0.25) is 0 Å². The Morgan fingerprint density at radius 2 is 0.693 bits per heavy atom. The first-order valence-corrected chi connectivity index (χ1v) is 21.9. The van der Waals surface area contributed by atoms with Crippen molar-refractivity contribution in [2.45, 2.75) is 122 Å². The zero-order chi connectivity index (χ0) is 57.6. The number of rotatable bonds is 17. The van der Waals surface area contributed by atoms with E-state index < -0.39 is 142 Å². The largest absolute Gasteiger partial charge is 0.864 e. The van der Waals surface area contributed by atoms with Crippen LogP contribution in [0.3, 0.4) is 0 Å².